The number of benzene rings is 1. The van der Waals surface area contributed by atoms with Crippen molar-refractivity contribution in [3.05, 3.63) is 58.0 Å². The Balaban J connectivity index is 1.80. The summed E-state index contributed by atoms with van der Waals surface area (Å²) in [5.74, 6) is 6.05. The van der Waals surface area contributed by atoms with E-state index in [4.69, 9.17) is 23.2 Å². The SMILES string of the molecule is CC(C)n1ccc(N(N)C2=C(N)CN(C(=O)c3cccc(C(F)(F)F)c3Cl)CC2)n1. The molecule has 1 aliphatic rings. The third-order valence-electron chi connectivity index (χ3n) is 4.83. The van der Waals surface area contributed by atoms with Gasteiger partial charge in [-0.2, -0.15) is 18.3 Å². The Labute approximate surface area is 176 Å². The van der Waals surface area contributed by atoms with Crippen LogP contribution in [0.4, 0.5) is 19.0 Å². The summed E-state index contributed by atoms with van der Waals surface area (Å²) in [7, 11) is 0. The fourth-order valence-electron chi connectivity index (χ4n) is 3.19. The average molecular weight is 443 g/mol. The van der Waals surface area contributed by atoms with Crippen molar-refractivity contribution in [2.24, 2.45) is 11.6 Å². The molecule has 0 unspecified atom stereocenters. The number of hydrogen-bond donors (Lipinski definition) is 2. The lowest BCUT2D eigenvalue weighted by Crippen LogP contribution is -2.44. The molecule has 7 nitrogen and oxygen atoms in total. The molecule has 30 heavy (non-hydrogen) atoms. The van der Waals surface area contributed by atoms with Gasteiger partial charge in [0.05, 0.1) is 28.4 Å². The molecule has 0 saturated heterocycles. The van der Waals surface area contributed by atoms with Gasteiger partial charge in [0.25, 0.3) is 5.91 Å². The molecule has 0 radical (unpaired) electrons. The zero-order chi connectivity index (χ0) is 22.2. The molecule has 4 N–H and O–H groups in total. The first-order valence-electron chi connectivity index (χ1n) is 9.23. The number of amides is 1. The molecule has 1 aliphatic heterocycles. The van der Waals surface area contributed by atoms with E-state index < -0.39 is 22.7 Å². The van der Waals surface area contributed by atoms with Crippen molar-refractivity contribution < 1.29 is 18.0 Å². The lowest BCUT2D eigenvalue weighted by molar-refractivity contribution is -0.137. The number of nitrogens with two attached hydrogens (primary N) is 2. The van der Waals surface area contributed by atoms with Gasteiger partial charge in [-0.05, 0) is 26.0 Å². The van der Waals surface area contributed by atoms with Crippen LogP contribution in [0.1, 0.15) is 42.2 Å². The Morgan fingerprint density at radius 1 is 1.30 bits per heavy atom. The molecule has 0 spiro atoms. The summed E-state index contributed by atoms with van der Waals surface area (Å²) in [6.45, 7) is 4.20. The van der Waals surface area contributed by atoms with E-state index >= 15 is 0 Å². The van der Waals surface area contributed by atoms with E-state index in [1.165, 1.54) is 16.0 Å². The second kappa shape index (κ2) is 8.19. The highest BCUT2D eigenvalue weighted by Gasteiger charge is 2.35. The maximum absolute atomic E-state index is 13.1. The van der Waals surface area contributed by atoms with Crippen LogP contribution in [-0.2, 0) is 6.18 Å². The molecule has 1 amide bonds. The number of nitrogens with zero attached hydrogens (tertiary/aromatic N) is 4. The molecule has 0 fully saturated rings. The third kappa shape index (κ3) is 4.24. The van der Waals surface area contributed by atoms with Crippen molar-refractivity contribution in [3.8, 4) is 0 Å². The number of aromatic nitrogens is 2. The van der Waals surface area contributed by atoms with Gasteiger partial charge in [-0.1, -0.05) is 17.7 Å². The van der Waals surface area contributed by atoms with Gasteiger partial charge in [0.15, 0.2) is 5.82 Å². The van der Waals surface area contributed by atoms with Gasteiger partial charge in [-0.3, -0.25) is 14.5 Å². The molecule has 11 heteroatoms. The van der Waals surface area contributed by atoms with Gasteiger partial charge in [-0.25, -0.2) is 5.84 Å². The fourth-order valence-corrected chi connectivity index (χ4v) is 3.51. The number of hydrazine groups is 1. The standard InChI is InChI=1S/C19H22ClF3N6O/c1-11(2)28-9-7-16(26-28)29(25)15-6-8-27(10-14(15)24)18(30)12-4-3-5-13(17(12)20)19(21,22)23/h3-5,7,9,11H,6,8,10,24-25H2,1-2H3. The Morgan fingerprint density at radius 2 is 2.00 bits per heavy atom. The predicted octanol–water partition coefficient (Wildman–Crippen LogP) is 3.53. The Morgan fingerprint density at radius 3 is 2.57 bits per heavy atom. The van der Waals surface area contributed by atoms with E-state index in [0.717, 1.165) is 12.1 Å². The molecular weight excluding hydrogens is 421 g/mol. The minimum Gasteiger partial charge on any atom is -0.399 e. The number of hydrogen-bond acceptors (Lipinski definition) is 5. The number of anilines is 1. The summed E-state index contributed by atoms with van der Waals surface area (Å²) in [4.78, 5) is 14.2. The topological polar surface area (TPSA) is 93.4 Å². The van der Waals surface area contributed by atoms with Crippen LogP contribution in [0.2, 0.25) is 5.02 Å². The summed E-state index contributed by atoms with van der Waals surface area (Å²) in [6.07, 6.45) is -2.54. The van der Waals surface area contributed by atoms with Crippen LogP contribution in [0.3, 0.4) is 0 Å². The zero-order valence-corrected chi connectivity index (χ0v) is 17.2. The number of carbonyl (C=O) groups excluding carboxylic acids is 1. The molecule has 2 aromatic rings. The van der Waals surface area contributed by atoms with Crippen molar-refractivity contribution in [1.82, 2.24) is 14.7 Å². The quantitative estimate of drug-likeness (QED) is 0.558. The molecule has 0 atom stereocenters. The Hall–Kier alpha value is -2.72. The van der Waals surface area contributed by atoms with E-state index in [1.54, 1.807) is 16.9 Å². The minimum absolute atomic E-state index is 0.0132. The highest BCUT2D eigenvalue weighted by molar-refractivity contribution is 6.34. The molecule has 3 rings (SSSR count). The van der Waals surface area contributed by atoms with E-state index in [-0.39, 0.29) is 24.7 Å². The molecule has 1 aromatic carbocycles. The lowest BCUT2D eigenvalue weighted by atomic mass is 10.1. The summed E-state index contributed by atoms with van der Waals surface area (Å²) >= 11 is 5.88. The van der Waals surface area contributed by atoms with Crippen LogP contribution in [-0.4, -0.2) is 33.7 Å². The zero-order valence-electron chi connectivity index (χ0n) is 16.4. The average Bonchev–Trinajstić information content (AvgIpc) is 3.16. The number of halogens is 4. The molecular formula is C19H22ClF3N6O. The number of alkyl halides is 3. The molecule has 0 aliphatic carbocycles. The summed E-state index contributed by atoms with van der Waals surface area (Å²) in [5, 5.41) is 5.13. The summed E-state index contributed by atoms with van der Waals surface area (Å²) in [5.41, 5.74) is 5.81. The first kappa shape index (κ1) is 22.0. The largest absolute Gasteiger partial charge is 0.417 e. The maximum atomic E-state index is 13.1. The van der Waals surface area contributed by atoms with Crippen LogP contribution in [0.25, 0.3) is 0 Å². The maximum Gasteiger partial charge on any atom is 0.417 e. The second-order valence-corrected chi connectivity index (χ2v) is 7.61. The van der Waals surface area contributed by atoms with E-state index in [2.05, 4.69) is 5.10 Å². The fraction of sp³-hybridized carbons (Fsp3) is 0.368. The van der Waals surface area contributed by atoms with Gasteiger partial charge in [0, 0.05) is 37.0 Å². The monoisotopic (exact) mass is 442 g/mol. The summed E-state index contributed by atoms with van der Waals surface area (Å²) < 4.78 is 41.0. The highest BCUT2D eigenvalue weighted by Crippen LogP contribution is 2.36. The van der Waals surface area contributed by atoms with Gasteiger partial charge in [0.1, 0.15) is 0 Å². The first-order chi connectivity index (χ1) is 14.0. The van der Waals surface area contributed by atoms with Crippen LogP contribution in [0.15, 0.2) is 41.9 Å². The van der Waals surface area contributed by atoms with Crippen molar-refractivity contribution >= 4 is 23.3 Å². The summed E-state index contributed by atoms with van der Waals surface area (Å²) in [6, 6.07) is 5.17. The van der Waals surface area contributed by atoms with Gasteiger partial charge in [0.2, 0.25) is 0 Å². The molecule has 0 bridgehead atoms. The van der Waals surface area contributed by atoms with Crippen LogP contribution in [0.5, 0.6) is 0 Å². The van der Waals surface area contributed by atoms with Gasteiger partial charge in [-0.15, -0.1) is 0 Å². The second-order valence-electron chi connectivity index (χ2n) is 7.23. The van der Waals surface area contributed by atoms with Crippen LogP contribution < -0.4 is 16.6 Å². The molecule has 0 saturated carbocycles. The molecule has 2 heterocycles. The van der Waals surface area contributed by atoms with E-state index in [0.29, 0.717) is 23.6 Å². The Kier molecular flexibility index (Phi) is 6.00. The smallest absolute Gasteiger partial charge is 0.399 e. The minimum atomic E-state index is -4.65. The third-order valence-corrected chi connectivity index (χ3v) is 5.24. The highest BCUT2D eigenvalue weighted by atomic mass is 35.5. The molecule has 162 valence electrons. The van der Waals surface area contributed by atoms with Crippen LogP contribution in [0, 0.1) is 0 Å². The van der Waals surface area contributed by atoms with Crippen LogP contribution >= 0.6 is 11.6 Å². The van der Waals surface area contributed by atoms with E-state index in [1.807, 2.05) is 13.8 Å². The van der Waals surface area contributed by atoms with Crippen molar-refractivity contribution in [3.63, 3.8) is 0 Å². The number of carbonyl (C=O) groups is 1. The first-order valence-corrected chi connectivity index (χ1v) is 9.61. The molecule has 1 aromatic heterocycles. The number of rotatable bonds is 4. The van der Waals surface area contributed by atoms with E-state index in [9.17, 15) is 18.0 Å². The van der Waals surface area contributed by atoms with Crippen molar-refractivity contribution in [2.75, 3.05) is 18.1 Å². The van der Waals surface area contributed by atoms with Crippen molar-refractivity contribution in [1.29, 1.82) is 0 Å². The van der Waals surface area contributed by atoms with Crippen molar-refractivity contribution in [2.45, 2.75) is 32.5 Å². The normalized spacial score (nSPS) is 15.1. The predicted molar refractivity (Wildman–Crippen MR) is 107 cm³/mol. The Bertz CT molecular complexity index is 985. The lowest BCUT2D eigenvalue weighted by Gasteiger charge is -2.32. The van der Waals surface area contributed by atoms with Gasteiger partial charge >= 0.3 is 6.18 Å². The van der Waals surface area contributed by atoms with Gasteiger partial charge < -0.3 is 10.6 Å².